The van der Waals surface area contributed by atoms with Crippen LogP contribution in [0.2, 0.25) is 5.02 Å². The first kappa shape index (κ1) is 28.0. The molecule has 4 atom stereocenters. The zero-order valence-corrected chi connectivity index (χ0v) is 24.4. The van der Waals surface area contributed by atoms with Crippen LogP contribution in [0.5, 0.6) is 0 Å². The van der Waals surface area contributed by atoms with E-state index in [0.29, 0.717) is 33.4 Å². The minimum atomic E-state index is -0.561. The third-order valence-electron chi connectivity index (χ3n) is 8.66. The molecule has 0 saturated heterocycles. The van der Waals surface area contributed by atoms with Gasteiger partial charge in [0.1, 0.15) is 6.10 Å². The Morgan fingerprint density at radius 3 is 2.17 bits per heavy atom. The molecule has 3 aliphatic carbocycles. The Hall–Kier alpha value is -3.13. The largest absolute Gasteiger partial charge is 0.459 e. The molecule has 3 aromatic rings. The highest BCUT2D eigenvalue weighted by Gasteiger charge is 2.39. The molecule has 0 aromatic heterocycles. The van der Waals surface area contributed by atoms with E-state index in [0.717, 1.165) is 50.0 Å². The molecule has 0 aliphatic heterocycles. The topological polar surface area (TPSA) is 95.7 Å². The molecule has 8 heteroatoms. The summed E-state index contributed by atoms with van der Waals surface area (Å²) in [4.78, 5) is 42.3. The SMILES string of the molecule is CCOC1CCC2CC(OC(=O)c3cc(Sc4ccc(Cl)cc4)c4c(c3N)C(=O)c3ccccc3C4=O)CCC2C1. The molecule has 6 rings (SSSR count). The van der Waals surface area contributed by atoms with Crippen LogP contribution in [-0.4, -0.2) is 36.4 Å². The van der Waals surface area contributed by atoms with Gasteiger partial charge < -0.3 is 15.2 Å². The molecule has 0 radical (unpaired) electrons. The quantitative estimate of drug-likeness (QED) is 0.185. The lowest BCUT2D eigenvalue weighted by Crippen LogP contribution is -2.37. The van der Waals surface area contributed by atoms with Crippen LogP contribution in [0, 0.1) is 11.8 Å². The molecule has 0 spiro atoms. The summed E-state index contributed by atoms with van der Waals surface area (Å²) in [7, 11) is 0. The number of esters is 1. The number of rotatable bonds is 6. The molecule has 0 amide bonds. The predicted octanol–water partition coefficient (Wildman–Crippen LogP) is 7.38. The van der Waals surface area contributed by atoms with Crippen LogP contribution in [0.3, 0.4) is 0 Å². The van der Waals surface area contributed by atoms with Crippen LogP contribution in [0.4, 0.5) is 5.69 Å². The fourth-order valence-electron chi connectivity index (χ4n) is 6.67. The first-order valence-electron chi connectivity index (χ1n) is 14.2. The van der Waals surface area contributed by atoms with Gasteiger partial charge in [0.15, 0.2) is 11.6 Å². The Kier molecular flexibility index (Phi) is 7.94. The maximum atomic E-state index is 13.7. The number of fused-ring (bicyclic) bond motifs is 3. The average molecular weight is 590 g/mol. The number of benzene rings is 3. The van der Waals surface area contributed by atoms with Crippen molar-refractivity contribution >= 4 is 46.6 Å². The number of carbonyl (C=O) groups is 3. The zero-order valence-electron chi connectivity index (χ0n) is 22.9. The third kappa shape index (κ3) is 5.43. The van der Waals surface area contributed by atoms with Crippen molar-refractivity contribution in [2.24, 2.45) is 11.8 Å². The van der Waals surface area contributed by atoms with Gasteiger partial charge in [-0.05, 0) is 87.6 Å². The molecule has 6 nitrogen and oxygen atoms in total. The van der Waals surface area contributed by atoms with E-state index in [1.54, 1.807) is 42.5 Å². The number of nitrogens with two attached hydrogens (primary N) is 1. The summed E-state index contributed by atoms with van der Waals surface area (Å²) in [5.74, 6) is -0.124. The second-order valence-electron chi connectivity index (χ2n) is 11.1. The van der Waals surface area contributed by atoms with Gasteiger partial charge in [-0.3, -0.25) is 9.59 Å². The molecule has 2 saturated carbocycles. The van der Waals surface area contributed by atoms with Gasteiger partial charge >= 0.3 is 5.97 Å². The molecule has 41 heavy (non-hydrogen) atoms. The predicted molar refractivity (Wildman–Crippen MR) is 159 cm³/mol. The van der Waals surface area contributed by atoms with Crippen LogP contribution < -0.4 is 5.73 Å². The third-order valence-corrected chi connectivity index (χ3v) is 9.96. The molecule has 3 aromatic carbocycles. The van der Waals surface area contributed by atoms with Gasteiger partial charge in [0.25, 0.3) is 0 Å². The highest BCUT2D eigenvalue weighted by Crippen LogP contribution is 2.44. The van der Waals surface area contributed by atoms with E-state index >= 15 is 0 Å². The normalized spacial score (nSPS) is 23.4. The van der Waals surface area contributed by atoms with Crippen LogP contribution >= 0.6 is 23.4 Å². The van der Waals surface area contributed by atoms with Gasteiger partial charge in [0.05, 0.1) is 22.9 Å². The molecule has 212 valence electrons. The van der Waals surface area contributed by atoms with Crippen molar-refractivity contribution in [3.05, 3.63) is 87.4 Å². The van der Waals surface area contributed by atoms with E-state index in [-0.39, 0.29) is 45.6 Å². The average Bonchev–Trinajstić information content (AvgIpc) is 2.98. The van der Waals surface area contributed by atoms with Crippen LogP contribution in [0.25, 0.3) is 0 Å². The number of nitrogen functional groups attached to an aromatic ring is 1. The smallest absolute Gasteiger partial charge is 0.340 e. The van der Waals surface area contributed by atoms with E-state index in [2.05, 4.69) is 0 Å². The minimum absolute atomic E-state index is 0.00998. The Balaban J connectivity index is 1.31. The second kappa shape index (κ2) is 11.6. The van der Waals surface area contributed by atoms with Gasteiger partial charge in [-0.25, -0.2) is 4.79 Å². The summed E-state index contributed by atoms with van der Waals surface area (Å²) in [6, 6.07) is 15.5. The monoisotopic (exact) mass is 589 g/mol. The molecule has 2 fully saturated rings. The summed E-state index contributed by atoms with van der Waals surface area (Å²) >= 11 is 7.37. The molecule has 4 unspecified atom stereocenters. The van der Waals surface area contributed by atoms with Crippen molar-refractivity contribution in [2.45, 2.75) is 67.4 Å². The number of ether oxygens (including phenoxy) is 2. The lowest BCUT2D eigenvalue weighted by atomic mass is 9.69. The zero-order chi connectivity index (χ0) is 28.7. The molecular weight excluding hydrogens is 558 g/mol. The van der Waals surface area contributed by atoms with Crippen LogP contribution in [-0.2, 0) is 9.47 Å². The molecule has 3 aliphatic rings. The number of anilines is 1. The fourth-order valence-corrected chi connectivity index (χ4v) is 7.80. The lowest BCUT2D eigenvalue weighted by molar-refractivity contribution is -0.0371. The van der Waals surface area contributed by atoms with Crippen molar-refractivity contribution in [2.75, 3.05) is 12.3 Å². The van der Waals surface area contributed by atoms with Crippen LogP contribution in [0.1, 0.15) is 87.6 Å². The lowest BCUT2D eigenvalue weighted by Gasteiger charge is -2.41. The van der Waals surface area contributed by atoms with E-state index in [4.69, 9.17) is 26.8 Å². The summed E-state index contributed by atoms with van der Waals surface area (Å²) < 4.78 is 11.9. The Labute approximate surface area is 248 Å². The summed E-state index contributed by atoms with van der Waals surface area (Å²) in [5.41, 5.74) is 7.54. The van der Waals surface area contributed by atoms with Crippen molar-refractivity contribution in [3.63, 3.8) is 0 Å². The van der Waals surface area contributed by atoms with E-state index in [1.165, 1.54) is 11.8 Å². The number of halogens is 1. The van der Waals surface area contributed by atoms with Gasteiger partial charge in [-0.15, -0.1) is 0 Å². The Morgan fingerprint density at radius 2 is 1.51 bits per heavy atom. The first-order valence-corrected chi connectivity index (χ1v) is 15.4. The van der Waals surface area contributed by atoms with Gasteiger partial charge in [-0.1, -0.05) is 47.6 Å². The second-order valence-corrected chi connectivity index (χ2v) is 12.6. The maximum Gasteiger partial charge on any atom is 0.340 e. The molecule has 0 bridgehead atoms. The number of hydrogen-bond donors (Lipinski definition) is 1. The number of carbonyl (C=O) groups excluding carboxylic acids is 3. The molecule has 0 heterocycles. The minimum Gasteiger partial charge on any atom is -0.459 e. The van der Waals surface area contributed by atoms with Crippen molar-refractivity contribution in [3.8, 4) is 0 Å². The van der Waals surface area contributed by atoms with Gasteiger partial charge in [0.2, 0.25) is 0 Å². The standard InChI is InChI=1S/C33H32ClNO5S/c1-2-39-21-11-7-19-16-22(12-8-18(19)15-21)40-33(38)26-17-27(41-23-13-9-20(34)10-14-23)28-29(30(26)35)32(37)25-6-4-3-5-24(25)31(28)36/h3-6,9-10,13-14,17-19,21-22H,2,7-8,11-12,15-16,35H2,1H3. The van der Waals surface area contributed by atoms with Gasteiger partial charge in [-0.2, -0.15) is 0 Å². The Morgan fingerprint density at radius 1 is 0.902 bits per heavy atom. The number of hydrogen-bond acceptors (Lipinski definition) is 7. The van der Waals surface area contributed by atoms with Gasteiger partial charge in [0, 0.05) is 38.1 Å². The summed E-state index contributed by atoms with van der Waals surface area (Å²) in [6.45, 7) is 2.78. The van der Waals surface area contributed by atoms with Crippen molar-refractivity contribution < 1.29 is 23.9 Å². The summed E-state index contributed by atoms with van der Waals surface area (Å²) in [5, 5.41) is 0.583. The highest BCUT2D eigenvalue weighted by atomic mass is 35.5. The van der Waals surface area contributed by atoms with E-state index in [1.807, 2.05) is 19.1 Å². The fraction of sp³-hybridized carbons (Fsp3) is 0.364. The van der Waals surface area contributed by atoms with Crippen LogP contribution in [0.15, 0.2) is 64.4 Å². The highest BCUT2D eigenvalue weighted by molar-refractivity contribution is 7.99. The van der Waals surface area contributed by atoms with Crippen molar-refractivity contribution in [1.82, 2.24) is 0 Å². The molecule has 2 N–H and O–H groups in total. The summed E-state index contributed by atoms with van der Waals surface area (Å²) in [6.07, 6.45) is 5.89. The van der Waals surface area contributed by atoms with E-state index < -0.39 is 5.97 Å². The first-order chi connectivity index (χ1) is 19.8. The van der Waals surface area contributed by atoms with Crippen molar-refractivity contribution in [1.29, 1.82) is 0 Å². The Bertz CT molecular complexity index is 1520. The number of ketones is 2. The maximum absolute atomic E-state index is 13.7. The van der Waals surface area contributed by atoms with E-state index in [9.17, 15) is 14.4 Å². The molecular formula is C33H32ClNO5S.